The van der Waals surface area contributed by atoms with Crippen molar-refractivity contribution in [3.05, 3.63) is 63.8 Å². The van der Waals surface area contributed by atoms with E-state index in [0.717, 1.165) is 68.3 Å². The number of amides is 2. The minimum atomic E-state index is -0.281. The number of aryl methyl sites for hydroxylation is 1. The number of halogens is 2. The number of nitrogens with zero attached hydrogens (tertiary/aromatic N) is 3. The van der Waals surface area contributed by atoms with Crippen LogP contribution in [0.1, 0.15) is 74.7 Å². The van der Waals surface area contributed by atoms with Crippen LogP contribution in [0.15, 0.2) is 42.6 Å². The molecule has 8 nitrogen and oxygen atoms in total. The molecule has 2 aliphatic heterocycles. The quantitative estimate of drug-likeness (QED) is 0.224. The molecule has 3 aromatic rings. The van der Waals surface area contributed by atoms with E-state index in [1.54, 1.807) is 18.3 Å². The Bertz CT molecular complexity index is 1620. The SMILES string of the molecule is CC(C)C1CCN([C@H]2C[C@@H](CO[C@H]3CC[C@H](C=O)CC3)N(C(=O)Cc3cc(Cl)c(NC(=O)c4cn(C)c5ccccc45)cc3Cl)C2)CC1. The summed E-state index contributed by atoms with van der Waals surface area (Å²) >= 11 is 13.4. The Hall–Kier alpha value is -2.91. The maximum atomic E-state index is 14.0. The highest BCUT2D eigenvalue weighted by Crippen LogP contribution is 2.34. The number of piperidine rings is 1. The first kappa shape index (κ1) is 34.9. The Morgan fingerprint density at radius 3 is 2.46 bits per heavy atom. The van der Waals surface area contributed by atoms with Crippen LogP contribution in [0.3, 0.4) is 0 Å². The van der Waals surface area contributed by atoms with Gasteiger partial charge in [0.05, 0.1) is 41.4 Å². The number of benzene rings is 2. The maximum absolute atomic E-state index is 14.0. The first-order valence-corrected chi connectivity index (χ1v) is 18.3. The van der Waals surface area contributed by atoms with Gasteiger partial charge in [0, 0.05) is 47.7 Å². The lowest BCUT2D eigenvalue weighted by Gasteiger charge is -2.37. The summed E-state index contributed by atoms with van der Waals surface area (Å²) in [5.74, 6) is 1.31. The number of likely N-dealkylation sites (tertiary alicyclic amines) is 2. The van der Waals surface area contributed by atoms with Crippen LogP contribution in [0.2, 0.25) is 10.0 Å². The molecule has 258 valence electrons. The topological polar surface area (TPSA) is 83.9 Å². The monoisotopic (exact) mass is 694 g/mol. The zero-order chi connectivity index (χ0) is 33.9. The van der Waals surface area contributed by atoms with E-state index in [0.29, 0.717) is 52.0 Å². The summed E-state index contributed by atoms with van der Waals surface area (Å²) in [5, 5.41) is 4.48. The molecule has 3 fully saturated rings. The van der Waals surface area contributed by atoms with Gasteiger partial charge in [-0.2, -0.15) is 0 Å². The Kier molecular flexibility index (Phi) is 11.2. The number of anilines is 1. The van der Waals surface area contributed by atoms with Crippen molar-refractivity contribution in [2.45, 2.75) is 83.4 Å². The van der Waals surface area contributed by atoms with Crippen molar-refractivity contribution < 1.29 is 19.1 Å². The molecular formula is C38H48Cl2N4O4. The van der Waals surface area contributed by atoms with E-state index >= 15 is 0 Å². The zero-order valence-electron chi connectivity index (χ0n) is 28.3. The number of aldehydes is 1. The van der Waals surface area contributed by atoms with Gasteiger partial charge in [-0.1, -0.05) is 55.2 Å². The molecule has 0 unspecified atom stereocenters. The molecule has 1 aromatic heterocycles. The van der Waals surface area contributed by atoms with E-state index in [1.807, 2.05) is 40.8 Å². The number of ether oxygens (including phenoxy) is 1. The molecule has 0 bridgehead atoms. The van der Waals surface area contributed by atoms with Crippen molar-refractivity contribution in [1.82, 2.24) is 14.4 Å². The summed E-state index contributed by atoms with van der Waals surface area (Å²) in [7, 11) is 1.91. The van der Waals surface area contributed by atoms with Crippen LogP contribution in [-0.4, -0.2) is 76.9 Å². The largest absolute Gasteiger partial charge is 0.376 e. The average Bonchev–Trinajstić information content (AvgIpc) is 3.68. The van der Waals surface area contributed by atoms with Gasteiger partial charge in [0.1, 0.15) is 6.29 Å². The number of aromatic nitrogens is 1. The molecule has 3 aliphatic rings. The molecule has 48 heavy (non-hydrogen) atoms. The smallest absolute Gasteiger partial charge is 0.257 e. The third kappa shape index (κ3) is 7.77. The molecule has 2 amide bonds. The van der Waals surface area contributed by atoms with E-state index < -0.39 is 0 Å². The second-order valence-electron chi connectivity index (χ2n) is 14.4. The van der Waals surface area contributed by atoms with E-state index in [-0.39, 0.29) is 36.3 Å². The second-order valence-corrected chi connectivity index (χ2v) is 15.3. The normalized spacial score (nSPS) is 24.0. The number of hydrogen-bond acceptors (Lipinski definition) is 5. The van der Waals surface area contributed by atoms with Crippen LogP contribution < -0.4 is 5.32 Å². The van der Waals surface area contributed by atoms with Gasteiger partial charge in [-0.25, -0.2) is 0 Å². The molecule has 6 rings (SSSR count). The molecule has 0 spiro atoms. The molecule has 2 saturated heterocycles. The fourth-order valence-electron chi connectivity index (χ4n) is 8.01. The zero-order valence-corrected chi connectivity index (χ0v) is 29.8. The fraction of sp³-hybridized carbons (Fsp3) is 0.553. The van der Waals surface area contributed by atoms with Crippen molar-refractivity contribution in [1.29, 1.82) is 0 Å². The Labute approximate surface area is 294 Å². The summed E-state index contributed by atoms with van der Waals surface area (Å²) < 4.78 is 8.33. The van der Waals surface area contributed by atoms with Crippen LogP contribution in [0.25, 0.3) is 10.9 Å². The van der Waals surface area contributed by atoms with E-state index in [9.17, 15) is 14.4 Å². The number of carbonyl (C=O) groups excluding carboxylic acids is 3. The maximum Gasteiger partial charge on any atom is 0.257 e. The summed E-state index contributed by atoms with van der Waals surface area (Å²) in [4.78, 5) is 43.1. The highest BCUT2D eigenvalue weighted by atomic mass is 35.5. The number of fused-ring (bicyclic) bond motifs is 1. The second kappa shape index (κ2) is 15.3. The standard InChI is InChI=1S/C38H48Cl2N4O4/c1-24(2)26-12-14-43(15-13-26)28-18-29(23-48-30-10-8-25(22-45)9-11-30)44(20-28)37(46)17-27-16-34(40)35(19-33(27)39)41-38(47)32-21-42(3)36-7-5-4-6-31(32)36/h4-7,16,19,21-22,24-26,28-30H,8-15,17-18,20,23H2,1-3H3,(H,41,47)/t25-,28-,29-,30-/m0/s1. The predicted octanol–water partition coefficient (Wildman–Crippen LogP) is 7.39. The predicted molar refractivity (Wildman–Crippen MR) is 192 cm³/mol. The Morgan fingerprint density at radius 1 is 1.02 bits per heavy atom. The Morgan fingerprint density at radius 2 is 1.75 bits per heavy atom. The van der Waals surface area contributed by atoms with Crippen molar-refractivity contribution in [2.24, 2.45) is 24.8 Å². The van der Waals surface area contributed by atoms with Gasteiger partial charge < -0.3 is 24.3 Å². The summed E-state index contributed by atoms with van der Waals surface area (Å²) in [6.45, 7) is 7.92. The van der Waals surface area contributed by atoms with Crippen molar-refractivity contribution in [2.75, 3.05) is 31.6 Å². The third-order valence-electron chi connectivity index (χ3n) is 11.0. The van der Waals surface area contributed by atoms with Crippen LogP contribution >= 0.6 is 23.2 Å². The van der Waals surface area contributed by atoms with Crippen LogP contribution in [0.5, 0.6) is 0 Å². The molecule has 1 N–H and O–H groups in total. The van der Waals surface area contributed by atoms with Gasteiger partial charge in [-0.05, 0) is 93.6 Å². The first-order valence-electron chi connectivity index (χ1n) is 17.5. The number of hydrogen-bond donors (Lipinski definition) is 1. The first-order chi connectivity index (χ1) is 23.1. The molecule has 1 aliphatic carbocycles. The fourth-order valence-corrected chi connectivity index (χ4v) is 8.47. The molecule has 10 heteroatoms. The third-order valence-corrected chi connectivity index (χ3v) is 11.7. The molecule has 2 aromatic carbocycles. The highest BCUT2D eigenvalue weighted by molar-refractivity contribution is 6.36. The average molecular weight is 696 g/mol. The van der Waals surface area contributed by atoms with Gasteiger partial charge >= 0.3 is 0 Å². The molecule has 0 radical (unpaired) electrons. The summed E-state index contributed by atoms with van der Waals surface area (Å²) in [6.07, 6.45) is 9.89. The number of para-hydroxylation sites is 1. The number of rotatable bonds is 10. The lowest BCUT2D eigenvalue weighted by atomic mass is 9.86. The van der Waals surface area contributed by atoms with Gasteiger partial charge in [0.2, 0.25) is 5.91 Å². The number of carbonyl (C=O) groups is 3. The van der Waals surface area contributed by atoms with Crippen LogP contribution in [0, 0.1) is 17.8 Å². The van der Waals surface area contributed by atoms with Gasteiger partial charge in [-0.3, -0.25) is 14.5 Å². The minimum Gasteiger partial charge on any atom is -0.376 e. The van der Waals surface area contributed by atoms with Gasteiger partial charge in [0.25, 0.3) is 5.91 Å². The molecule has 1 saturated carbocycles. The lowest BCUT2D eigenvalue weighted by Crippen LogP contribution is -2.44. The van der Waals surface area contributed by atoms with Crippen LogP contribution in [-0.2, 0) is 27.8 Å². The lowest BCUT2D eigenvalue weighted by molar-refractivity contribution is -0.133. The van der Waals surface area contributed by atoms with Crippen molar-refractivity contribution >= 4 is 57.9 Å². The highest BCUT2D eigenvalue weighted by Gasteiger charge is 2.40. The number of nitrogens with one attached hydrogen (secondary N) is 1. The van der Waals surface area contributed by atoms with Crippen molar-refractivity contribution in [3.63, 3.8) is 0 Å². The Balaban J connectivity index is 1.13. The summed E-state index contributed by atoms with van der Waals surface area (Å²) in [6, 6.07) is 11.3. The minimum absolute atomic E-state index is 0.00154. The van der Waals surface area contributed by atoms with Gasteiger partial charge in [0.15, 0.2) is 0 Å². The molecular weight excluding hydrogens is 647 g/mol. The molecule has 3 heterocycles. The summed E-state index contributed by atoms with van der Waals surface area (Å²) in [5.41, 5.74) is 2.53. The molecule has 2 atom stereocenters. The van der Waals surface area contributed by atoms with E-state index in [1.165, 1.54) is 12.8 Å². The van der Waals surface area contributed by atoms with Gasteiger partial charge in [-0.15, -0.1) is 0 Å². The van der Waals surface area contributed by atoms with E-state index in [4.69, 9.17) is 27.9 Å². The van der Waals surface area contributed by atoms with Crippen molar-refractivity contribution in [3.8, 4) is 0 Å². The van der Waals surface area contributed by atoms with Crippen LogP contribution in [0.4, 0.5) is 5.69 Å². The van der Waals surface area contributed by atoms with E-state index in [2.05, 4.69) is 24.1 Å².